The first-order chi connectivity index (χ1) is 7.06. The van der Waals surface area contributed by atoms with Crippen molar-refractivity contribution in [3.8, 4) is 12.3 Å². The number of aryl methyl sites for hydroxylation is 2. The Kier molecular flexibility index (Phi) is 3.69. The average molecular weight is 222 g/mol. The number of hydrogen-bond acceptors (Lipinski definition) is 4. The van der Waals surface area contributed by atoms with Crippen molar-refractivity contribution >= 4 is 17.7 Å². The van der Waals surface area contributed by atoms with Crippen LogP contribution < -0.4 is 0 Å². The van der Waals surface area contributed by atoms with Crippen LogP contribution in [0.5, 0.6) is 0 Å². The van der Waals surface area contributed by atoms with Crippen molar-refractivity contribution < 1.29 is 9.90 Å². The smallest absolute Gasteiger partial charge is 0.340 e. The van der Waals surface area contributed by atoms with E-state index in [0.717, 1.165) is 0 Å². The van der Waals surface area contributed by atoms with Gasteiger partial charge in [-0.1, -0.05) is 17.7 Å². The highest BCUT2D eigenvalue weighted by Gasteiger charge is 2.16. The van der Waals surface area contributed by atoms with Crippen LogP contribution in [0.2, 0.25) is 0 Å². The fourth-order valence-corrected chi connectivity index (χ4v) is 1.94. The summed E-state index contributed by atoms with van der Waals surface area (Å²) < 4.78 is 0. The predicted molar refractivity (Wildman–Crippen MR) is 58.0 cm³/mol. The average Bonchev–Trinajstić information content (AvgIpc) is 2.12. The predicted octanol–water partition coefficient (Wildman–Crippen LogP) is 1.52. The molecule has 1 aromatic heterocycles. The third-order valence-electron chi connectivity index (χ3n) is 1.67. The minimum absolute atomic E-state index is 0.140. The molecule has 78 valence electrons. The normalized spacial score (nSPS) is 9.67. The summed E-state index contributed by atoms with van der Waals surface area (Å²) in [4.78, 5) is 19.0. The lowest BCUT2D eigenvalue weighted by Gasteiger charge is -2.06. The minimum Gasteiger partial charge on any atom is -0.478 e. The standard InChI is InChI=1S/C10H10N2O2S/c1-4-5-15-9-8(10(13)14)6(2)11-7(3)12-9/h1H,5H2,2-3H3,(H,13,14). The van der Waals surface area contributed by atoms with Crippen LogP contribution in [0.1, 0.15) is 21.9 Å². The van der Waals surface area contributed by atoms with Gasteiger partial charge in [0.1, 0.15) is 16.4 Å². The van der Waals surface area contributed by atoms with Crippen LogP contribution in [0.15, 0.2) is 5.03 Å². The number of nitrogens with zero attached hydrogens (tertiary/aromatic N) is 2. The number of terminal acetylenes is 1. The van der Waals surface area contributed by atoms with Crippen molar-refractivity contribution in [2.24, 2.45) is 0 Å². The molecule has 4 nitrogen and oxygen atoms in total. The molecular formula is C10H10N2O2S. The molecule has 0 atom stereocenters. The summed E-state index contributed by atoms with van der Waals surface area (Å²) in [7, 11) is 0. The molecule has 0 fully saturated rings. The van der Waals surface area contributed by atoms with E-state index in [1.54, 1.807) is 13.8 Å². The lowest BCUT2D eigenvalue weighted by Crippen LogP contribution is -2.08. The molecule has 0 aromatic carbocycles. The second-order valence-corrected chi connectivity index (χ2v) is 3.80. The van der Waals surface area contributed by atoms with Crippen LogP contribution >= 0.6 is 11.8 Å². The van der Waals surface area contributed by atoms with Crippen LogP contribution in [0.3, 0.4) is 0 Å². The van der Waals surface area contributed by atoms with E-state index in [0.29, 0.717) is 22.3 Å². The first-order valence-electron chi connectivity index (χ1n) is 4.21. The Morgan fingerprint density at radius 3 is 2.73 bits per heavy atom. The summed E-state index contributed by atoms with van der Waals surface area (Å²) in [6.45, 7) is 3.37. The third-order valence-corrected chi connectivity index (χ3v) is 2.55. The van der Waals surface area contributed by atoms with Gasteiger partial charge in [-0.2, -0.15) is 0 Å². The molecule has 0 saturated carbocycles. The van der Waals surface area contributed by atoms with Gasteiger partial charge in [0.2, 0.25) is 0 Å². The SMILES string of the molecule is C#CCSc1nc(C)nc(C)c1C(=O)O. The molecule has 0 saturated heterocycles. The number of hydrogen-bond donors (Lipinski definition) is 1. The van der Waals surface area contributed by atoms with E-state index in [9.17, 15) is 4.79 Å². The number of thioether (sulfide) groups is 1. The number of carbonyl (C=O) groups is 1. The zero-order valence-electron chi connectivity index (χ0n) is 8.44. The van der Waals surface area contributed by atoms with Gasteiger partial charge in [-0.05, 0) is 13.8 Å². The maximum Gasteiger partial charge on any atom is 0.340 e. The van der Waals surface area contributed by atoms with Gasteiger partial charge in [-0.25, -0.2) is 14.8 Å². The maximum absolute atomic E-state index is 11.0. The van der Waals surface area contributed by atoms with Gasteiger partial charge < -0.3 is 5.11 Å². The van der Waals surface area contributed by atoms with Crippen molar-refractivity contribution in [1.82, 2.24) is 9.97 Å². The summed E-state index contributed by atoms with van der Waals surface area (Å²) in [5.41, 5.74) is 0.607. The summed E-state index contributed by atoms with van der Waals surface area (Å²) >= 11 is 1.24. The Morgan fingerprint density at radius 1 is 1.53 bits per heavy atom. The van der Waals surface area contributed by atoms with Crippen LogP contribution in [0, 0.1) is 26.2 Å². The molecule has 15 heavy (non-hydrogen) atoms. The minimum atomic E-state index is -1.02. The van der Waals surface area contributed by atoms with Crippen molar-refractivity contribution in [3.63, 3.8) is 0 Å². The topological polar surface area (TPSA) is 63.1 Å². The molecule has 1 rings (SSSR count). The van der Waals surface area contributed by atoms with E-state index < -0.39 is 5.97 Å². The monoisotopic (exact) mass is 222 g/mol. The highest BCUT2D eigenvalue weighted by Crippen LogP contribution is 2.22. The summed E-state index contributed by atoms with van der Waals surface area (Å²) in [6.07, 6.45) is 5.12. The Morgan fingerprint density at radius 2 is 2.20 bits per heavy atom. The first-order valence-corrected chi connectivity index (χ1v) is 5.19. The van der Waals surface area contributed by atoms with Gasteiger partial charge in [0, 0.05) is 0 Å². The molecule has 0 aliphatic rings. The maximum atomic E-state index is 11.0. The van der Waals surface area contributed by atoms with E-state index in [1.807, 2.05) is 0 Å². The van der Waals surface area contributed by atoms with Crippen LogP contribution in [0.4, 0.5) is 0 Å². The number of rotatable bonds is 3. The summed E-state index contributed by atoms with van der Waals surface area (Å²) in [5, 5.41) is 9.43. The van der Waals surface area contributed by atoms with E-state index in [1.165, 1.54) is 11.8 Å². The van der Waals surface area contributed by atoms with Crippen molar-refractivity contribution in [2.75, 3.05) is 5.75 Å². The van der Waals surface area contributed by atoms with E-state index in [-0.39, 0.29) is 5.56 Å². The molecule has 0 radical (unpaired) electrons. The van der Waals surface area contributed by atoms with E-state index in [2.05, 4.69) is 15.9 Å². The molecule has 1 N–H and O–H groups in total. The lowest BCUT2D eigenvalue weighted by atomic mass is 10.2. The zero-order chi connectivity index (χ0) is 11.4. The van der Waals surface area contributed by atoms with Gasteiger partial charge in [0.25, 0.3) is 0 Å². The van der Waals surface area contributed by atoms with Gasteiger partial charge in [0.05, 0.1) is 11.4 Å². The van der Waals surface area contributed by atoms with Gasteiger partial charge in [0.15, 0.2) is 0 Å². The van der Waals surface area contributed by atoms with Crippen LogP contribution in [0.25, 0.3) is 0 Å². The quantitative estimate of drug-likeness (QED) is 0.477. The van der Waals surface area contributed by atoms with Gasteiger partial charge in [-0.15, -0.1) is 6.42 Å². The van der Waals surface area contributed by atoms with E-state index in [4.69, 9.17) is 11.5 Å². The zero-order valence-corrected chi connectivity index (χ0v) is 9.26. The molecular weight excluding hydrogens is 212 g/mol. The fraction of sp³-hybridized carbons (Fsp3) is 0.300. The molecule has 5 heteroatoms. The molecule has 0 aliphatic heterocycles. The van der Waals surface area contributed by atoms with Crippen molar-refractivity contribution in [2.45, 2.75) is 18.9 Å². The number of carboxylic acid groups (broad SMARTS) is 1. The van der Waals surface area contributed by atoms with Gasteiger partial charge in [-0.3, -0.25) is 0 Å². The Labute approximate surface area is 92.1 Å². The van der Waals surface area contributed by atoms with Crippen molar-refractivity contribution in [3.05, 3.63) is 17.1 Å². The fourth-order valence-electron chi connectivity index (χ4n) is 1.14. The third kappa shape index (κ3) is 2.70. The molecule has 0 bridgehead atoms. The first kappa shape index (κ1) is 11.5. The van der Waals surface area contributed by atoms with Gasteiger partial charge >= 0.3 is 5.97 Å². The molecule has 0 amide bonds. The second-order valence-electron chi connectivity index (χ2n) is 2.83. The number of aromatic nitrogens is 2. The molecule has 1 heterocycles. The number of aromatic carboxylic acids is 1. The summed E-state index contributed by atoms with van der Waals surface area (Å²) in [6, 6.07) is 0. The molecule has 0 spiro atoms. The van der Waals surface area contributed by atoms with E-state index >= 15 is 0 Å². The summed E-state index contributed by atoms with van der Waals surface area (Å²) in [5.74, 6) is 2.36. The molecule has 0 aliphatic carbocycles. The highest BCUT2D eigenvalue weighted by atomic mass is 32.2. The lowest BCUT2D eigenvalue weighted by molar-refractivity contribution is 0.0690. The van der Waals surface area contributed by atoms with Crippen LogP contribution in [-0.2, 0) is 0 Å². The Hall–Kier alpha value is -1.54. The Bertz CT molecular complexity index is 438. The molecule has 1 aromatic rings. The number of carboxylic acids is 1. The second kappa shape index (κ2) is 4.80. The Balaban J connectivity index is 3.22. The van der Waals surface area contributed by atoms with Crippen molar-refractivity contribution in [1.29, 1.82) is 0 Å². The molecule has 0 unspecified atom stereocenters. The van der Waals surface area contributed by atoms with Crippen LogP contribution in [-0.4, -0.2) is 26.8 Å². The highest BCUT2D eigenvalue weighted by molar-refractivity contribution is 7.99. The largest absolute Gasteiger partial charge is 0.478 e.